The molecule has 1 atom stereocenters. The van der Waals surface area contributed by atoms with E-state index in [1.54, 1.807) is 20.8 Å². The fraction of sp³-hybridized carbons (Fsp3) is 1.00. The molecule has 0 aliphatic heterocycles. The third-order valence-corrected chi connectivity index (χ3v) is 6.58. The van der Waals surface area contributed by atoms with Gasteiger partial charge in [-0.15, -0.1) is 0 Å². The van der Waals surface area contributed by atoms with Gasteiger partial charge in [0.05, 0.1) is 0 Å². The first-order chi connectivity index (χ1) is 8.64. The van der Waals surface area contributed by atoms with Gasteiger partial charge in [0.1, 0.15) is 0 Å². The van der Waals surface area contributed by atoms with E-state index in [0.29, 0.717) is 19.8 Å². The van der Waals surface area contributed by atoms with Crippen LogP contribution in [-0.4, -0.2) is 38.6 Å². The predicted octanol–water partition coefficient (Wildman–Crippen LogP) is 4.32. The molecular formula is C10H19BrClF3O3Si. The van der Waals surface area contributed by atoms with Gasteiger partial charge in [0.25, 0.3) is 5.13 Å². The van der Waals surface area contributed by atoms with E-state index < -0.39 is 25.2 Å². The summed E-state index contributed by atoms with van der Waals surface area (Å²) < 4.78 is 55.8. The molecule has 116 valence electrons. The summed E-state index contributed by atoms with van der Waals surface area (Å²) in [5, 5.41) is -3.21. The lowest BCUT2D eigenvalue weighted by molar-refractivity contribution is -0.0113. The average Bonchev–Trinajstić information content (AvgIpc) is 2.26. The number of hydrogen-bond acceptors (Lipinski definition) is 3. The van der Waals surface area contributed by atoms with Crippen molar-refractivity contribution >= 4 is 36.3 Å². The van der Waals surface area contributed by atoms with E-state index in [9.17, 15) is 13.2 Å². The van der Waals surface area contributed by atoms with Crippen molar-refractivity contribution in [1.29, 1.82) is 0 Å². The highest BCUT2D eigenvalue weighted by Crippen LogP contribution is 2.45. The van der Waals surface area contributed by atoms with Crippen LogP contribution in [-0.2, 0) is 13.3 Å². The second kappa shape index (κ2) is 8.19. The van der Waals surface area contributed by atoms with Crippen molar-refractivity contribution in [2.45, 2.75) is 43.2 Å². The lowest BCUT2D eigenvalue weighted by atomic mass is 10.3. The summed E-state index contributed by atoms with van der Waals surface area (Å²) in [6.45, 7) is 6.04. The van der Waals surface area contributed by atoms with Gasteiger partial charge in [0.2, 0.25) is 0 Å². The molecule has 0 spiro atoms. The van der Waals surface area contributed by atoms with E-state index in [1.165, 1.54) is 0 Å². The number of rotatable bonds is 10. The quantitative estimate of drug-likeness (QED) is 0.413. The van der Waals surface area contributed by atoms with Crippen molar-refractivity contribution in [1.82, 2.24) is 0 Å². The predicted molar refractivity (Wildman–Crippen MR) is 73.6 cm³/mol. The maximum absolute atomic E-state index is 13.7. The fourth-order valence-corrected chi connectivity index (χ4v) is 4.56. The molecule has 9 heteroatoms. The van der Waals surface area contributed by atoms with Crippen LogP contribution < -0.4 is 0 Å². The molecule has 0 amide bonds. The Morgan fingerprint density at radius 3 is 1.63 bits per heavy atom. The minimum Gasteiger partial charge on any atom is -0.374 e. The molecule has 0 aromatic carbocycles. The van der Waals surface area contributed by atoms with E-state index in [2.05, 4.69) is 0 Å². The number of halogens is 5. The first kappa shape index (κ1) is 19.7. The van der Waals surface area contributed by atoms with Crippen LogP contribution in [0.25, 0.3) is 0 Å². The zero-order chi connectivity index (χ0) is 15.2. The lowest BCUT2D eigenvalue weighted by Gasteiger charge is -2.31. The Morgan fingerprint density at radius 1 is 1.00 bits per heavy atom. The van der Waals surface area contributed by atoms with Crippen LogP contribution in [0.2, 0.25) is 6.04 Å². The molecule has 0 aliphatic rings. The second-order valence-corrected chi connectivity index (χ2v) is 8.01. The van der Waals surface area contributed by atoms with Crippen molar-refractivity contribution in [3.63, 3.8) is 0 Å². The summed E-state index contributed by atoms with van der Waals surface area (Å²) in [6, 6.07) is -0.121. The zero-order valence-corrected chi connectivity index (χ0v) is 14.5. The van der Waals surface area contributed by atoms with E-state index in [-0.39, 0.29) is 6.04 Å². The van der Waals surface area contributed by atoms with Crippen LogP contribution in [0.4, 0.5) is 13.2 Å². The molecule has 0 saturated carbocycles. The summed E-state index contributed by atoms with van der Waals surface area (Å²) in [7, 11) is -3.16. The van der Waals surface area contributed by atoms with Crippen LogP contribution in [0.5, 0.6) is 0 Å². The molecule has 0 bridgehead atoms. The van der Waals surface area contributed by atoms with E-state index in [0.717, 1.165) is 0 Å². The molecule has 1 unspecified atom stereocenters. The maximum Gasteiger partial charge on any atom is 0.501 e. The lowest BCUT2D eigenvalue weighted by Crippen LogP contribution is -2.48. The Labute approximate surface area is 126 Å². The molecule has 0 radical (unpaired) electrons. The fourth-order valence-electron chi connectivity index (χ4n) is 1.45. The molecule has 0 rings (SSSR count). The minimum absolute atomic E-state index is 0.121. The largest absolute Gasteiger partial charge is 0.501 e. The molecule has 0 N–H and O–H groups in total. The number of alkyl halides is 5. The third kappa shape index (κ3) is 6.30. The van der Waals surface area contributed by atoms with Gasteiger partial charge in [-0.3, -0.25) is 0 Å². The summed E-state index contributed by atoms with van der Waals surface area (Å²) in [6.07, 6.45) is -0.640. The first-order valence-electron chi connectivity index (χ1n) is 6.00. The Hall–Kier alpha value is 0.657. The van der Waals surface area contributed by atoms with Crippen molar-refractivity contribution in [3.05, 3.63) is 0 Å². The summed E-state index contributed by atoms with van der Waals surface area (Å²) in [5.74, 6) is 0. The van der Waals surface area contributed by atoms with Gasteiger partial charge < -0.3 is 13.3 Å². The van der Waals surface area contributed by atoms with Gasteiger partial charge in [-0.1, -0.05) is 11.6 Å². The maximum atomic E-state index is 13.7. The van der Waals surface area contributed by atoms with Crippen LogP contribution in [0, 0.1) is 0 Å². The molecule has 0 aromatic heterocycles. The third-order valence-electron chi connectivity index (χ3n) is 2.25. The first-order valence-corrected chi connectivity index (χ1v) is 9.10. The zero-order valence-electron chi connectivity index (χ0n) is 11.2. The Balaban J connectivity index is 4.81. The summed E-state index contributed by atoms with van der Waals surface area (Å²) in [5.41, 5.74) is 0. The van der Waals surface area contributed by atoms with Gasteiger partial charge >= 0.3 is 13.6 Å². The summed E-state index contributed by atoms with van der Waals surface area (Å²) in [4.78, 5) is -3.83. The highest BCUT2D eigenvalue weighted by atomic mass is 79.9. The molecule has 0 aromatic rings. The Kier molecular flexibility index (Phi) is 8.47. The van der Waals surface area contributed by atoms with Crippen LogP contribution in [0.3, 0.4) is 0 Å². The van der Waals surface area contributed by atoms with Crippen molar-refractivity contribution in [2.75, 3.05) is 19.8 Å². The average molecular weight is 388 g/mol. The van der Waals surface area contributed by atoms with Gasteiger partial charge in [0.15, 0.2) is 0 Å². The SMILES string of the molecule is CCO[Si](CCC(F)(Cl)C(F)(F)Br)(OCC)OCC. The van der Waals surface area contributed by atoms with E-state index in [1.807, 2.05) is 15.9 Å². The van der Waals surface area contributed by atoms with Gasteiger partial charge in [-0.2, -0.15) is 8.78 Å². The Morgan fingerprint density at radius 2 is 1.37 bits per heavy atom. The molecule has 0 heterocycles. The molecule has 0 aliphatic carbocycles. The van der Waals surface area contributed by atoms with E-state index >= 15 is 0 Å². The molecule has 0 fully saturated rings. The second-order valence-electron chi connectivity index (χ2n) is 3.68. The van der Waals surface area contributed by atoms with Gasteiger partial charge in [-0.25, -0.2) is 4.39 Å². The van der Waals surface area contributed by atoms with Crippen LogP contribution >= 0.6 is 27.5 Å². The number of hydrogen-bond donors (Lipinski definition) is 0. The van der Waals surface area contributed by atoms with Crippen molar-refractivity contribution < 1.29 is 26.4 Å². The van der Waals surface area contributed by atoms with Crippen molar-refractivity contribution in [2.24, 2.45) is 0 Å². The molecular weight excluding hydrogens is 369 g/mol. The smallest absolute Gasteiger partial charge is 0.374 e. The monoisotopic (exact) mass is 386 g/mol. The normalized spacial score (nSPS) is 16.4. The molecule has 0 saturated heterocycles. The molecule has 3 nitrogen and oxygen atoms in total. The Bertz CT molecular complexity index is 250. The standard InChI is InChI=1S/C10H19BrClF3O3Si/c1-4-16-19(17-5-2,18-6-3)8-7-9(12,13)10(11,14)15/h4-8H2,1-3H3. The van der Waals surface area contributed by atoms with E-state index in [4.69, 9.17) is 24.9 Å². The van der Waals surface area contributed by atoms with Crippen LogP contribution in [0.1, 0.15) is 27.2 Å². The highest BCUT2D eigenvalue weighted by Gasteiger charge is 2.54. The van der Waals surface area contributed by atoms with Gasteiger partial charge in [0, 0.05) is 32.3 Å². The van der Waals surface area contributed by atoms with Gasteiger partial charge in [-0.05, 0) is 36.7 Å². The summed E-state index contributed by atoms with van der Waals surface area (Å²) >= 11 is 7.15. The van der Waals surface area contributed by atoms with Crippen LogP contribution in [0.15, 0.2) is 0 Å². The minimum atomic E-state index is -3.83. The van der Waals surface area contributed by atoms with Crippen molar-refractivity contribution in [3.8, 4) is 0 Å². The highest BCUT2D eigenvalue weighted by molar-refractivity contribution is 9.10. The molecule has 19 heavy (non-hydrogen) atoms. The topological polar surface area (TPSA) is 27.7 Å².